The molecule has 2 aromatic carbocycles. The Labute approximate surface area is 170 Å². The molecule has 2 bridgehead atoms. The lowest BCUT2D eigenvalue weighted by atomic mass is 9.97. The van der Waals surface area contributed by atoms with Gasteiger partial charge >= 0.3 is 6.03 Å². The summed E-state index contributed by atoms with van der Waals surface area (Å²) >= 11 is 0. The van der Waals surface area contributed by atoms with Crippen LogP contribution in [0.5, 0.6) is 0 Å². The maximum absolute atomic E-state index is 13.1. The van der Waals surface area contributed by atoms with E-state index in [4.69, 9.17) is 0 Å². The van der Waals surface area contributed by atoms with Crippen molar-refractivity contribution in [3.05, 3.63) is 65.5 Å². The molecule has 2 aromatic rings. The summed E-state index contributed by atoms with van der Waals surface area (Å²) in [5.74, 6) is -0.549. The number of halogens is 1. The van der Waals surface area contributed by atoms with E-state index in [1.54, 1.807) is 0 Å². The van der Waals surface area contributed by atoms with Gasteiger partial charge < -0.3 is 15.5 Å². The van der Waals surface area contributed by atoms with E-state index in [0.29, 0.717) is 5.56 Å². The number of anilines is 1. The Morgan fingerprint density at radius 3 is 2.21 bits per heavy atom. The third-order valence-electron chi connectivity index (χ3n) is 6.02. The van der Waals surface area contributed by atoms with Crippen molar-refractivity contribution in [1.29, 1.82) is 0 Å². The van der Waals surface area contributed by atoms with Gasteiger partial charge in [-0.15, -0.1) is 0 Å². The van der Waals surface area contributed by atoms with E-state index in [9.17, 15) is 14.0 Å². The summed E-state index contributed by atoms with van der Waals surface area (Å²) in [7, 11) is 0. The Bertz CT molecular complexity index is 868. The number of benzene rings is 2. The summed E-state index contributed by atoms with van der Waals surface area (Å²) in [6, 6.07) is 13.7. The van der Waals surface area contributed by atoms with E-state index >= 15 is 0 Å². The number of carbonyl (C=O) groups is 2. The van der Waals surface area contributed by atoms with E-state index < -0.39 is 0 Å². The summed E-state index contributed by atoms with van der Waals surface area (Å²) in [5.41, 5.74) is 2.49. The molecule has 2 N–H and O–H groups in total. The van der Waals surface area contributed by atoms with E-state index in [-0.39, 0.29) is 35.9 Å². The summed E-state index contributed by atoms with van der Waals surface area (Å²) in [6.07, 6.45) is 4.36. The quantitative estimate of drug-likeness (QED) is 0.809. The molecule has 6 heteroatoms. The van der Waals surface area contributed by atoms with Gasteiger partial charge in [-0.2, -0.15) is 0 Å². The highest BCUT2D eigenvalue weighted by Crippen LogP contribution is 2.36. The van der Waals surface area contributed by atoms with Crippen LogP contribution in [0.15, 0.2) is 48.5 Å². The summed E-state index contributed by atoms with van der Waals surface area (Å²) in [5, 5.41) is 6.07. The molecule has 29 heavy (non-hydrogen) atoms. The normalized spacial score (nSPS) is 23.0. The Kier molecular flexibility index (Phi) is 5.51. The van der Waals surface area contributed by atoms with Crippen molar-refractivity contribution in [2.24, 2.45) is 0 Å². The molecule has 0 spiro atoms. The van der Waals surface area contributed by atoms with Crippen LogP contribution < -0.4 is 10.6 Å². The van der Waals surface area contributed by atoms with Gasteiger partial charge in [0.1, 0.15) is 5.82 Å². The van der Waals surface area contributed by atoms with Crippen molar-refractivity contribution in [1.82, 2.24) is 10.2 Å². The van der Waals surface area contributed by atoms with Crippen LogP contribution in [0.4, 0.5) is 14.9 Å². The molecule has 2 aliphatic rings. The molecule has 2 saturated heterocycles. The minimum Gasteiger partial charge on any atom is -0.349 e. The Morgan fingerprint density at radius 1 is 1.00 bits per heavy atom. The first-order valence-corrected chi connectivity index (χ1v) is 10.3. The molecule has 3 amide bonds. The van der Waals surface area contributed by atoms with Crippen LogP contribution in [-0.4, -0.2) is 35.0 Å². The molecule has 3 atom stereocenters. The van der Waals surface area contributed by atoms with Gasteiger partial charge in [0.2, 0.25) is 0 Å². The average Bonchev–Trinajstić information content (AvgIpc) is 3.00. The monoisotopic (exact) mass is 395 g/mol. The third kappa shape index (κ3) is 4.26. The summed E-state index contributed by atoms with van der Waals surface area (Å²) in [6.45, 7) is 2.10. The number of hydrogen-bond donors (Lipinski definition) is 2. The lowest BCUT2D eigenvalue weighted by Crippen LogP contribution is -2.53. The maximum atomic E-state index is 13.1. The number of amides is 3. The molecule has 0 radical (unpaired) electrons. The molecule has 2 heterocycles. The van der Waals surface area contributed by atoms with Crippen LogP contribution in [0.25, 0.3) is 0 Å². The number of aryl methyl sites for hydroxylation is 1. The zero-order valence-corrected chi connectivity index (χ0v) is 16.5. The van der Waals surface area contributed by atoms with Crippen molar-refractivity contribution < 1.29 is 14.0 Å². The van der Waals surface area contributed by atoms with Crippen LogP contribution in [0.2, 0.25) is 0 Å². The molecule has 2 aliphatic heterocycles. The van der Waals surface area contributed by atoms with Crippen LogP contribution in [0.1, 0.15) is 48.5 Å². The number of piperidine rings is 1. The number of nitrogens with zero attached hydrogens (tertiary/aromatic N) is 1. The Morgan fingerprint density at radius 2 is 1.62 bits per heavy atom. The molecular formula is C23H26FN3O2. The molecule has 1 unspecified atom stereocenters. The molecule has 0 aromatic heterocycles. The Hall–Kier alpha value is -2.89. The van der Waals surface area contributed by atoms with Crippen molar-refractivity contribution in [3.8, 4) is 0 Å². The topological polar surface area (TPSA) is 61.4 Å². The highest BCUT2D eigenvalue weighted by atomic mass is 19.1. The zero-order chi connectivity index (χ0) is 20.4. The summed E-state index contributed by atoms with van der Waals surface area (Å²) < 4.78 is 13.1. The minimum atomic E-state index is -0.358. The van der Waals surface area contributed by atoms with Gasteiger partial charge in [0.25, 0.3) is 5.91 Å². The highest BCUT2D eigenvalue weighted by Gasteiger charge is 2.43. The largest absolute Gasteiger partial charge is 0.349 e. The van der Waals surface area contributed by atoms with E-state index in [1.165, 1.54) is 29.8 Å². The first kappa shape index (κ1) is 19.4. The Balaban J connectivity index is 1.36. The SMILES string of the molecule is CCc1ccc(NC(=O)N2[C@@H]3CC[C@H]2CC(NC(=O)c2ccc(F)cc2)C3)cc1. The number of nitrogens with one attached hydrogen (secondary N) is 2. The molecule has 0 aliphatic carbocycles. The first-order valence-electron chi connectivity index (χ1n) is 10.3. The predicted molar refractivity (Wildman–Crippen MR) is 110 cm³/mol. The second-order valence-electron chi connectivity index (χ2n) is 7.92. The second-order valence-corrected chi connectivity index (χ2v) is 7.92. The fraction of sp³-hybridized carbons (Fsp3) is 0.391. The van der Waals surface area contributed by atoms with Crippen molar-refractivity contribution >= 4 is 17.6 Å². The number of carbonyl (C=O) groups excluding carboxylic acids is 2. The third-order valence-corrected chi connectivity index (χ3v) is 6.02. The van der Waals surface area contributed by atoms with E-state index in [1.807, 2.05) is 29.2 Å². The standard InChI is InChI=1S/C23H26FN3O2/c1-2-15-3-9-18(10-4-15)26-23(29)27-20-11-12-21(27)14-19(13-20)25-22(28)16-5-7-17(24)8-6-16/h3-10,19-21H,2,11-14H2,1H3,(H,25,28)(H,26,29)/t19?,20-,21+. The summed E-state index contributed by atoms with van der Waals surface area (Å²) in [4.78, 5) is 27.3. The van der Waals surface area contributed by atoms with Gasteiger partial charge in [-0.25, -0.2) is 9.18 Å². The molecule has 2 fully saturated rings. The number of fused-ring (bicyclic) bond motifs is 2. The van der Waals surface area contributed by atoms with Crippen molar-refractivity contribution in [3.63, 3.8) is 0 Å². The van der Waals surface area contributed by atoms with Gasteiger partial charge in [0, 0.05) is 29.4 Å². The van der Waals surface area contributed by atoms with Crippen molar-refractivity contribution in [2.75, 3.05) is 5.32 Å². The number of urea groups is 1. The average molecular weight is 395 g/mol. The van der Waals surface area contributed by atoms with E-state index in [2.05, 4.69) is 17.6 Å². The first-order chi connectivity index (χ1) is 14.0. The fourth-order valence-electron chi connectivity index (χ4n) is 4.51. The van der Waals surface area contributed by atoms with E-state index in [0.717, 1.165) is 37.8 Å². The minimum absolute atomic E-state index is 0.0259. The molecular weight excluding hydrogens is 369 g/mol. The second kappa shape index (κ2) is 8.23. The van der Waals surface area contributed by atoms with Crippen LogP contribution in [-0.2, 0) is 6.42 Å². The van der Waals surface area contributed by atoms with Gasteiger partial charge in [0.05, 0.1) is 0 Å². The van der Waals surface area contributed by atoms with Gasteiger partial charge in [0.15, 0.2) is 0 Å². The molecule has 0 saturated carbocycles. The maximum Gasteiger partial charge on any atom is 0.322 e. The molecule has 152 valence electrons. The zero-order valence-electron chi connectivity index (χ0n) is 16.5. The van der Waals surface area contributed by atoms with Crippen LogP contribution in [0, 0.1) is 5.82 Å². The predicted octanol–water partition coefficient (Wildman–Crippen LogP) is 4.35. The fourth-order valence-corrected chi connectivity index (χ4v) is 4.51. The van der Waals surface area contributed by atoms with Gasteiger partial charge in [-0.05, 0) is 74.1 Å². The van der Waals surface area contributed by atoms with Gasteiger partial charge in [-0.1, -0.05) is 19.1 Å². The smallest absolute Gasteiger partial charge is 0.322 e. The number of hydrogen-bond acceptors (Lipinski definition) is 2. The highest BCUT2D eigenvalue weighted by molar-refractivity contribution is 5.94. The molecule has 4 rings (SSSR count). The molecule has 5 nitrogen and oxygen atoms in total. The van der Waals surface area contributed by atoms with Crippen molar-refractivity contribution in [2.45, 2.75) is 57.2 Å². The lowest BCUT2D eigenvalue weighted by Gasteiger charge is -2.39. The number of rotatable bonds is 4. The lowest BCUT2D eigenvalue weighted by molar-refractivity contribution is 0.0891. The van der Waals surface area contributed by atoms with Crippen LogP contribution in [0.3, 0.4) is 0 Å². The van der Waals surface area contributed by atoms with Gasteiger partial charge in [-0.3, -0.25) is 4.79 Å². The van der Waals surface area contributed by atoms with Crippen LogP contribution >= 0.6 is 0 Å².